The van der Waals surface area contributed by atoms with Crippen molar-refractivity contribution in [2.45, 2.75) is 32.6 Å². The van der Waals surface area contributed by atoms with Crippen LogP contribution in [-0.4, -0.2) is 11.1 Å². The van der Waals surface area contributed by atoms with E-state index in [1.165, 1.54) is 11.6 Å². The zero-order chi connectivity index (χ0) is 12.3. The number of carboxylic acid groups (broad SMARTS) is 1. The first-order chi connectivity index (χ1) is 8.20. The van der Waals surface area contributed by atoms with E-state index in [0.29, 0.717) is 5.92 Å². The average Bonchev–Trinajstić information content (AvgIpc) is 3.11. The summed E-state index contributed by atoms with van der Waals surface area (Å²) in [5.41, 5.74) is 3.37. The fourth-order valence-electron chi connectivity index (χ4n) is 2.12. The average molecular weight is 230 g/mol. The van der Waals surface area contributed by atoms with Crippen LogP contribution in [0.15, 0.2) is 30.3 Å². The molecule has 1 fully saturated rings. The van der Waals surface area contributed by atoms with Crippen LogP contribution < -0.4 is 0 Å². The predicted octanol–water partition coefficient (Wildman–Crippen LogP) is 3.52. The quantitative estimate of drug-likeness (QED) is 0.786. The van der Waals surface area contributed by atoms with Gasteiger partial charge in [0.2, 0.25) is 0 Å². The molecule has 1 aromatic rings. The van der Waals surface area contributed by atoms with Gasteiger partial charge in [-0.15, -0.1) is 0 Å². The molecule has 0 heterocycles. The summed E-state index contributed by atoms with van der Waals surface area (Å²) in [7, 11) is 0. The Balaban J connectivity index is 2.21. The maximum absolute atomic E-state index is 10.8. The van der Waals surface area contributed by atoms with Gasteiger partial charge in [0.15, 0.2) is 0 Å². The van der Waals surface area contributed by atoms with E-state index < -0.39 is 5.97 Å². The highest BCUT2D eigenvalue weighted by atomic mass is 16.4. The Hall–Kier alpha value is -1.57. The monoisotopic (exact) mass is 230 g/mol. The molecule has 0 unspecified atom stereocenters. The van der Waals surface area contributed by atoms with Crippen LogP contribution in [0.1, 0.15) is 37.3 Å². The van der Waals surface area contributed by atoms with E-state index in [1.54, 1.807) is 0 Å². The largest absolute Gasteiger partial charge is 0.478 e. The van der Waals surface area contributed by atoms with Crippen LogP contribution in [0, 0.1) is 5.92 Å². The lowest BCUT2D eigenvalue weighted by Crippen LogP contribution is -1.95. The van der Waals surface area contributed by atoms with E-state index in [1.807, 2.05) is 0 Å². The minimum atomic E-state index is -0.843. The molecule has 0 spiro atoms. The van der Waals surface area contributed by atoms with Gasteiger partial charge in [-0.3, -0.25) is 0 Å². The standard InChI is InChI=1S/C15H18O2/c1-2-3-11-4-6-12(7-5-11)14(10-15(16)17)13-8-9-13/h4-7,10,13H,2-3,8-9H2,1H3,(H,16,17)/b14-10-. The first-order valence-corrected chi connectivity index (χ1v) is 6.24. The predicted molar refractivity (Wildman–Crippen MR) is 68.8 cm³/mol. The lowest BCUT2D eigenvalue weighted by Gasteiger charge is -2.06. The molecule has 0 aromatic heterocycles. The molecule has 2 rings (SSSR count). The summed E-state index contributed by atoms with van der Waals surface area (Å²) in [5, 5.41) is 8.88. The number of carbonyl (C=O) groups is 1. The molecule has 2 nitrogen and oxygen atoms in total. The highest BCUT2D eigenvalue weighted by Gasteiger charge is 2.27. The summed E-state index contributed by atoms with van der Waals surface area (Å²) in [6.07, 6.45) is 5.83. The molecule has 0 saturated heterocycles. The molecule has 17 heavy (non-hydrogen) atoms. The van der Waals surface area contributed by atoms with E-state index in [4.69, 9.17) is 5.11 Å². The first kappa shape index (κ1) is 11.9. The van der Waals surface area contributed by atoms with E-state index in [2.05, 4.69) is 31.2 Å². The maximum atomic E-state index is 10.8. The second kappa shape index (κ2) is 5.17. The molecule has 0 bridgehead atoms. The van der Waals surface area contributed by atoms with Crippen LogP contribution in [0.5, 0.6) is 0 Å². The van der Waals surface area contributed by atoms with Crippen LogP contribution in [0.25, 0.3) is 5.57 Å². The molecule has 0 atom stereocenters. The first-order valence-electron chi connectivity index (χ1n) is 6.24. The highest BCUT2D eigenvalue weighted by molar-refractivity contribution is 5.91. The molecule has 90 valence electrons. The van der Waals surface area contributed by atoms with Gasteiger partial charge in [-0.05, 0) is 41.9 Å². The van der Waals surface area contributed by atoms with Crippen LogP contribution in [0.2, 0.25) is 0 Å². The van der Waals surface area contributed by atoms with Gasteiger partial charge in [0.25, 0.3) is 0 Å². The topological polar surface area (TPSA) is 37.3 Å². The molecule has 1 saturated carbocycles. The minimum Gasteiger partial charge on any atom is -0.478 e. The summed E-state index contributed by atoms with van der Waals surface area (Å²) in [4.78, 5) is 10.8. The highest BCUT2D eigenvalue weighted by Crippen LogP contribution is 2.41. The lowest BCUT2D eigenvalue weighted by molar-refractivity contribution is -0.131. The van der Waals surface area contributed by atoms with Gasteiger partial charge in [-0.25, -0.2) is 4.79 Å². The fourth-order valence-corrected chi connectivity index (χ4v) is 2.12. The number of aliphatic carboxylic acids is 1. The molecule has 0 amide bonds. The zero-order valence-corrected chi connectivity index (χ0v) is 10.1. The SMILES string of the molecule is CCCc1ccc(/C(=C/C(=O)O)C2CC2)cc1. The van der Waals surface area contributed by atoms with Crippen molar-refractivity contribution in [2.75, 3.05) is 0 Å². The Morgan fingerprint density at radius 2 is 2.00 bits per heavy atom. The second-order valence-corrected chi connectivity index (χ2v) is 4.66. The van der Waals surface area contributed by atoms with Crippen molar-refractivity contribution in [1.29, 1.82) is 0 Å². The second-order valence-electron chi connectivity index (χ2n) is 4.66. The van der Waals surface area contributed by atoms with Crippen LogP contribution >= 0.6 is 0 Å². The summed E-state index contributed by atoms with van der Waals surface area (Å²) < 4.78 is 0. The summed E-state index contributed by atoms with van der Waals surface area (Å²) in [5.74, 6) is -0.382. The molecule has 2 heteroatoms. The number of hydrogen-bond acceptors (Lipinski definition) is 1. The van der Waals surface area contributed by atoms with Gasteiger partial charge in [-0.1, -0.05) is 37.6 Å². The van der Waals surface area contributed by atoms with Gasteiger partial charge >= 0.3 is 5.97 Å². The van der Waals surface area contributed by atoms with Crippen molar-refractivity contribution in [1.82, 2.24) is 0 Å². The van der Waals surface area contributed by atoms with Gasteiger partial charge in [-0.2, -0.15) is 0 Å². The summed E-state index contributed by atoms with van der Waals surface area (Å²) in [6.45, 7) is 2.16. The Bertz CT molecular complexity index is 425. The number of allylic oxidation sites excluding steroid dienone is 1. The summed E-state index contributed by atoms with van der Waals surface area (Å²) in [6, 6.07) is 8.32. The van der Waals surface area contributed by atoms with E-state index in [9.17, 15) is 4.79 Å². The Morgan fingerprint density at radius 3 is 2.47 bits per heavy atom. The van der Waals surface area contributed by atoms with Crippen molar-refractivity contribution in [3.63, 3.8) is 0 Å². The third-order valence-corrected chi connectivity index (χ3v) is 3.12. The van der Waals surface area contributed by atoms with Crippen molar-refractivity contribution in [3.05, 3.63) is 41.5 Å². The van der Waals surface area contributed by atoms with Gasteiger partial charge in [0.1, 0.15) is 0 Å². The molecule has 0 aliphatic heterocycles. The molecule has 1 aliphatic carbocycles. The van der Waals surface area contributed by atoms with Crippen molar-refractivity contribution in [3.8, 4) is 0 Å². The van der Waals surface area contributed by atoms with Crippen molar-refractivity contribution >= 4 is 11.5 Å². The van der Waals surface area contributed by atoms with E-state index >= 15 is 0 Å². The number of aryl methyl sites for hydroxylation is 1. The molecule has 0 radical (unpaired) electrons. The third kappa shape index (κ3) is 3.19. The Kier molecular flexibility index (Phi) is 3.62. The fraction of sp³-hybridized carbons (Fsp3) is 0.400. The molecule has 1 aromatic carbocycles. The van der Waals surface area contributed by atoms with Crippen molar-refractivity contribution < 1.29 is 9.90 Å². The minimum absolute atomic E-state index is 0.461. The van der Waals surface area contributed by atoms with E-state index in [-0.39, 0.29) is 0 Å². The van der Waals surface area contributed by atoms with Crippen LogP contribution in [0.3, 0.4) is 0 Å². The van der Waals surface area contributed by atoms with E-state index in [0.717, 1.165) is 36.8 Å². The smallest absolute Gasteiger partial charge is 0.328 e. The van der Waals surface area contributed by atoms with Crippen LogP contribution in [-0.2, 0) is 11.2 Å². The zero-order valence-electron chi connectivity index (χ0n) is 10.1. The van der Waals surface area contributed by atoms with Gasteiger partial charge < -0.3 is 5.11 Å². The molecular formula is C15H18O2. The van der Waals surface area contributed by atoms with Crippen molar-refractivity contribution in [2.24, 2.45) is 5.92 Å². The molecule has 1 aliphatic rings. The van der Waals surface area contributed by atoms with Crippen LogP contribution in [0.4, 0.5) is 0 Å². The Labute approximate surface area is 102 Å². The number of rotatable bonds is 5. The molecule has 1 N–H and O–H groups in total. The normalized spacial score (nSPS) is 15.9. The number of carboxylic acids is 1. The van der Waals surface area contributed by atoms with Gasteiger partial charge in [0, 0.05) is 6.08 Å². The number of hydrogen-bond donors (Lipinski definition) is 1. The third-order valence-electron chi connectivity index (χ3n) is 3.12. The Morgan fingerprint density at radius 1 is 1.35 bits per heavy atom. The lowest BCUT2D eigenvalue weighted by atomic mass is 9.99. The summed E-state index contributed by atoms with van der Waals surface area (Å²) >= 11 is 0. The molecular weight excluding hydrogens is 212 g/mol. The number of benzene rings is 1. The van der Waals surface area contributed by atoms with Gasteiger partial charge in [0.05, 0.1) is 0 Å². The maximum Gasteiger partial charge on any atom is 0.328 e.